The number of hydrogen-bond donors (Lipinski definition) is 0. The summed E-state index contributed by atoms with van der Waals surface area (Å²) in [5.74, 6) is 0. The van der Waals surface area contributed by atoms with Crippen molar-refractivity contribution in [3.05, 3.63) is 90.8 Å². The highest BCUT2D eigenvalue weighted by molar-refractivity contribution is 7.79. The maximum Gasteiger partial charge on any atom is 0.0737 e. The van der Waals surface area contributed by atoms with Gasteiger partial charge in [0.05, 0.1) is 10.9 Å². The van der Waals surface area contributed by atoms with Gasteiger partial charge in [-0.2, -0.15) is 0 Å². The third kappa shape index (κ3) is 3.50. The monoisotopic (exact) mass is 330 g/mol. The van der Waals surface area contributed by atoms with E-state index >= 15 is 0 Å². The van der Waals surface area contributed by atoms with Gasteiger partial charge in [0.1, 0.15) is 0 Å². The number of nitrogens with zero attached hydrogens (tertiary/aromatic N) is 2. The lowest BCUT2D eigenvalue weighted by molar-refractivity contribution is 1.31. The number of benzene rings is 1. The third-order valence-corrected chi connectivity index (χ3v) is 6.01. The van der Waals surface area contributed by atoms with Gasteiger partial charge < -0.3 is 0 Å². The first-order valence-electron chi connectivity index (χ1n) is 7.75. The fourth-order valence-corrected chi connectivity index (χ4v) is 4.39. The van der Waals surface area contributed by atoms with Crippen LogP contribution in [0.4, 0.5) is 0 Å². The van der Waals surface area contributed by atoms with E-state index in [1.807, 2.05) is 24.5 Å². The van der Waals surface area contributed by atoms with Gasteiger partial charge in [-0.1, -0.05) is 61.7 Å². The highest BCUT2D eigenvalue weighted by Crippen LogP contribution is 2.31. The predicted octanol–water partition coefficient (Wildman–Crippen LogP) is 3.83. The van der Waals surface area contributed by atoms with Crippen molar-refractivity contribution in [1.82, 2.24) is 9.97 Å². The molecule has 0 amide bonds. The summed E-state index contributed by atoms with van der Waals surface area (Å²) >= 11 is 0. The van der Waals surface area contributed by atoms with E-state index in [-0.39, 0.29) is 0 Å². The van der Waals surface area contributed by atoms with Crippen LogP contribution in [-0.4, -0.2) is 9.97 Å². The fourth-order valence-electron chi connectivity index (χ4n) is 2.38. The van der Waals surface area contributed by atoms with Gasteiger partial charge in [-0.05, 0) is 41.1 Å². The molecule has 2 aromatic heterocycles. The van der Waals surface area contributed by atoms with Crippen molar-refractivity contribution in [2.45, 2.75) is 6.92 Å². The molecule has 3 heteroatoms. The summed E-state index contributed by atoms with van der Waals surface area (Å²) < 4.78 is 0. The Morgan fingerprint density at radius 2 is 1.33 bits per heavy atom. The van der Waals surface area contributed by atoms with Gasteiger partial charge in [0.15, 0.2) is 0 Å². The van der Waals surface area contributed by atoms with Crippen LogP contribution in [0.15, 0.2) is 74.1 Å². The maximum absolute atomic E-state index is 4.67. The maximum atomic E-state index is 4.67. The zero-order valence-electron chi connectivity index (χ0n) is 13.7. The molecular weight excluding hydrogens is 311 g/mol. The molecule has 2 heterocycles. The lowest BCUT2D eigenvalue weighted by Gasteiger charge is -2.17. The molecule has 0 radical (unpaired) electrons. The molecule has 0 aliphatic rings. The average molecular weight is 330 g/mol. The second-order valence-corrected chi connectivity index (χ2v) is 7.58. The van der Waals surface area contributed by atoms with E-state index in [2.05, 4.69) is 78.6 Å². The first-order chi connectivity index (χ1) is 11.7. The SMILES string of the molecule is C=Cc1ccc(P(c2ccc(C)cn2)c2ccc(C=C)cn2)cc1. The minimum absolute atomic E-state index is 0.784. The topological polar surface area (TPSA) is 25.8 Å². The number of aromatic nitrogens is 2. The minimum Gasteiger partial charge on any atom is -0.256 e. The van der Waals surface area contributed by atoms with Crippen LogP contribution in [0.25, 0.3) is 12.2 Å². The summed E-state index contributed by atoms with van der Waals surface area (Å²) in [7, 11) is -0.784. The second kappa shape index (κ2) is 7.33. The molecule has 24 heavy (non-hydrogen) atoms. The van der Waals surface area contributed by atoms with Gasteiger partial charge in [-0.3, -0.25) is 9.97 Å². The van der Waals surface area contributed by atoms with E-state index < -0.39 is 7.92 Å². The van der Waals surface area contributed by atoms with Crippen molar-refractivity contribution < 1.29 is 0 Å². The second-order valence-electron chi connectivity index (χ2n) is 5.48. The van der Waals surface area contributed by atoms with E-state index in [0.29, 0.717) is 0 Å². The van der Waals surface area contributed by atoms with E-state index in [4.69, 9.17) is 0 Å². The number of aryl methyl sites for hydroxylation is 1. The highest BCUT2D eigenvalue weighted by atomic mass is 31.1. The molecule has 1 atom stereocenters. The summed E-state index contributed by atoms with van der Waals surface area (Å²) in [4.78, 5) is 9.33. The summed E-state index contributed by atoms with van der Waals surface area (Å²) in [6.45, 7) is 9.67. The molecule has 0 fully saturated rings. The van der Waals surface area contributed by atoms with Gasteiger partial charge in [-0.25, -0.2) is 0 Å². The summed E-state index contributed by atoms with van der Waals surface area (Å²) in [5, 5.41) is 1.23. The summed E-state index contributed by atoms with van der Waals surface area (Å²) in [6.07, 6.45) is 7.44. The first-order valence-corrected chi connectivity index (χ1v) is 9.09. The molecule has 0 saturated carbocycles. The molecule has 1 aromatic carbocycles. The van der Waals surface area contributed by atoms with Gasteiger partial charge in [-0.15, -0.1) is 0 Å². The summed E-state index contributed by atoms with van der Waals surface area (Å²) in [5.41, 5.74) is 5.39. The Morgan fingerprint density at radius 1 is 0.750 bits per heavy atom. The fraction of sp³-hybridized carbons (Fsp3) is 0.0476. The Hall–Kier alpha value is -2.57. The number of hydrogen-bond acceptors (Lipinski definition) is 2. The van der Waals surface area contributed by atoms with Gasteiger partial charge in [0.25, 0.3) is 0 Å². The summed E-state index contributed by atoms with van der Waals surface area (Å²) in [6, 6.07) is 16.8. The number of rotatable bonds is 5. The lowest BCUT2D eigenvalue weighted by atomic mass is 10.2. The standard InChI is InChI=1S/C21H19N2P/c1-4-17-7-10-19(11-8-17)24(20-12-6-16(3)14-22-20)21-13-9-18(5-2)15-23-21/h4-15H,1-2H2,3H3. The molecule has 0 N–H and O–H groups in total. The Bertz CT molecular complexity index is 783. The van der Waals surface area contributed by atoms with Crippen molar-refractivity contribution in [2.75, 3.05) is 0 Å². The zero-order valence-corrected chi connectivity index (χ0v) is 14.6. The molecule has 1 unspecified atom stereocenters. The largest absolute Gasteiger partial charge is 0.256 e. The van der Waals surface area contributed by atoms with Crippen molar-refractivity contribution in [3.63, 3.8) is 0 Å². The molecule has 0 bridgehead atoms. The zero-order chi connectivity index (χ0) is 16.9. The Morgan fingerprint density at radius 3 is 1.83 bits per heavy atom. The van der Waals surface area contributed by atoms with E-state index in [9.17, 15) is 0 Å². The number of pyridine rings is 2. The molecule has 0 aliphatic carbocycles. The van der Waals surface area contributed by atoms with Crippen LogP contribution in [0.3, 0.4) is 0 Å². The molecule has 3 rings (SSSR count). The van der Waals surface area contributed by atoms with Gasteiger partial charge in [0, 0.05) is 20.3 Å². The van der Waals surface area contributed by atoms with Crippen molar-refractivity contribution in [2.24, 2.45) is 0 Å². The van der Waals surface area contributed by atoms with E-state index in [1.165, 1.54) is 5.30 Å². The predicted molar refractivity (Wildman–Crippen MR) is 106 cm³/mol. The molecule has 2 nitrogen and oxygen atoms in total. The van der Waals surface area contributed by atoms with Crippen LogP contribution in [0, 0.1) is 6.92 Å². The van der Waals surface area contributed by atoms with Crippen LogP contribution in [0.2, 0.25) is 0 Å². The third-order valence-electron chi connectivity index (χ3n) is 3.75. The first kappa shape index (κ1) is 16.3. The van der Waals surface area contributed by atoms with Crippen molar-refractivity contribution >= 4 is 36.2 Å². The van der Waals surface area contributed by atoms with Crippen LogP contribution in [0.5, 0.6) is 0 Å². The molecule has 0 saturated heterocycles. The van der Waals surface area contributed by atoms with Crippen LogP contribution in [0.1, 0.15) is 16.7 Å². The molecule has 0 spiro atoms. The van der Waals surface area contributed by atoms with Crippen LogP contribution < -0.4 is 16.2 Å². The Labute approximate surface area is 144 Å². The normalized spacial score (nSPS) is 11.7. The Balaban J connectivity index is 2.09. The minimum atomic E-state index is -0.784. The van der Waals surface area contributed by atoms with Gasteiger partial charge >= 0.3 is 0 Å². The molecular formula is C21H19N2P. The highest BCUT2D eigenvalue weighted by Gasteiger charge is 2.19. The van der Waals surface area contributed by atoms with E-state index in [1.54, 1.807) is 0 Å². The quantitative estimate of drug-likeness (QED) is 0.665. The average Bonchev–Trinajstić information content (AvgIpc) is 2.64. The molecule has 0 aliphatic heterocycles. The van der Waals surface area contributed by atoms with Crippen LogP contribution in [-0.2, 0) is 0 Å². The molecule has 3 aromatic rings. The van der Waals surface area contributed by atoms with Crippen molar-refractivity contribution in [3.8, 4) is 0 Å². The lowest BCUT2D eigenvalue weighted by Crippen LogP contribution is -2.24. The van der Waals surface area contributed by atoms with Crippen molar-refractivity contribution in [1.29, 1.82) is 0 Å². The smallest absolute Gasteiger partial charge is 0.0737 e. The van der Waals surface area contributed by atoms with Gasteiger partial charge in [0.2, 0.25) is 0 Å². The van der Waals surface area contributed by atoms with Crippen LogP contribution >= 0.6 is 7.92 Å². The molecule has 118 valence electrons. The Kier molecular flexibility index (Phi) is 4.98. The van der Waals surface area contributed by atoms with E-state index in [0.717, 1.165) is 27.6 Å².